The van der Waals surface area contributed by atoms with Gasteiger partial charge in [-0.25, -0.2) is 15.0 Å². The van der Waals surface area contributed by atoms with Crippen LogP contribution in [0, 0.1) is 0 Å². The van der Waals surface area contributed by atoms with Crippen molar-refractivity contribution in [2.75, 3.05) is 0 Å². The third kappa shape index (κ3) is 3.08. The Morgan fingerprint density at radius 2 is 2.06 bits per heavy atom. The maximum Gasteiger partial charge on any atom is 0.115 e. The molecule has 0 aromatic carbocycles. The van der Waals surface area contributed by atoms with Crippen molar-refractivity contribution in [3.8, 4) is 0 Å². The van der Waals surface area contributed by atoms with Crippen LogP contribution in [-0.2, 0) is 19.5 Å². The van der Waals surface area contributed by atoms with Gasteiger partial charge in [-0.1, -0.05) is 6.92 Å². The Kier molecular flexibility index (Phi) is 3.96. The molecule has 2 aromatic rings. The summed E-state index contributed by atoms with van der Waals surface area (Å²) in [5.74, 6) is 0. The van der Waals surface area contributed by atoms with Gasteiger partial charge in [0.15, 0.2) is 0 Å². The van der Waals surface area contributed by atoms with Gasteiger partial charge in [0.05, 0.1) is 10.7 Å². The maximum atomic E-state index is 4.48. The highest BCUT2D eigenvalue weighted by Gasteiger charge is 1.99. The molecule has 2 aromatic heterocycles. The van der Waals surface area contributed by atoms with Gasteiger partial charge in [-0.15, -0.1) is 11.3 Å². The lowest BCUT2D eigenvalue weighted by Crippen LogP contribution is -2.13. The Balaban J connectivity index is 1.80. The van der Waals surface area contributed by atoms with Crippen LogP contribution in [0.5, 0.6) is 0 Å². The number of nitrogens with zero attached hydrogens (tertiary/aromatic N) is 3. The normalized spacial score (nSPS) is 10.6. The molecule has 5 heteroatoms. The molecule has 0 spiro atoms. The molecule has 0 saturated carbocycles. The molecule has 0 aliphatic heterocycles. The quantitative estimate of drug-likeness (QED) is 0.857. The summed E-state index contributed by atoms with van der Waals surface area (Å²) in [6.07, 6.45) is 6.19. The van der Waals surface area contributed by atoms with Crippen LogP contribution in [0.4, 0.5) is 0 Å². The molecule has 0 unspecified atom stereocenters. The Labute approximate surface area is 98.8 Å². The van der Waals surface area contributed by atoms with Crippen molar-refractivity contribution in [1.29, 1.82) is 0 Å². The summed E-state index contributed by atoms with van der Waals surface area (Å²) >= 11 is 1.72. The number of hydrogen-bond acceptors (Lipinski definition) is 5. The summed E-state index contributed by atoms with van der Waals surface area (Å²) in [6.45, 7) is 3.70. The lowest BCUT2D eigenvalue weighted by atomic mass is 10.3. The summed E-state index contributed by atoms with van der Waals surface area (Å²) in [4.78, 5) is 12.4. The van der Waals surface area contributed by atoms with Crippen LogP contribution < -0.4 is 5.32 Å². The van der Waals surface area contributed by atoms with Gasteiger partial charge in [-0.05, 0) is 6.42 Å². The molecule has 2 heterocycles. The summed E-state index contributed by atoms with van der Waals surface area (Å²) in [6, 6.07) is 0. The fraction of sp³-hybridized carbons (Fsp3) is 0.364. The molecule has 0 amide bonds. The largest absolute Gasteiger partial charge is 0.307 e. The second kappa shape index (κ2) is 5.67. The Morgan fingerprint density at radius 3 is 2.75 bits per heavy atom. The van der Waals surface area contributed by atoms with E-state index in [0.29, 0.717) is 0 Å². The van der Waals surface area contributed by atoms with Crippen LogP contribution in [0.3, 0.4) is 0 Å². The van der Waals surface area contributed by atoms with Crippen LogP contribution in [-0.4, -0.2) is 15.0 Å². The van der Waals surface area contributed by atoms with Crippen molar-refractivity contribution in [3.05, 3.63) is 40.4 Å². The van der Waals surface area contributed by atoms with Gasteiger partial charge >= 0.3 is 0 Å². The molecule has 1 N–H and O–H groups in total. The summed E-state index contributed by atoms with van der Waals surface area (Å²) < 4.78 is 0. The summed E-state index contributed by atoms with van der Waals surface area (Å²) in [7, 11) is 0. The highest BCUT2D eigenvalue weighted by Crippen LogP contribution is 2.09. The number of aromatic nitrogens is 3. The molecule has 0 aliphatic rings. The van der Waals surface area contributed by atoms with E-state index in [2.05, 4.69) is 32.6 Å². The average molecular weight is 234 g/mol. The van der Waals surface area contributed by atoms with E-state index >= 15 is 0 Å². The Morgan fingerprint density at radius 1 is 1.25 bits per heavy atom. The van der Waals surface area contributed by atoms with E-state index < -0.39 is 0 Å². The molecule has 84 valence electrons. The first kappa shape index (κ1) is 11.2. The van der Waals surface area contributed by atoms with Gasteiger partial charge in [0.2, 0.25) is 0 Å². The molecule has 0 atom stereocenters. The topological polar surface area (TPSA) is 50.7 Å². The third-order valence-corrected chi connectivity index (χ3v) is 3.19. The number of rotatable bonds is 5. The standard InChI is InChI=1S/C11H14N4S/c1-2-11-15-10(7-16-11)6-12-3-9-4-13-8-14-5-9/h4-5,7-8,12H,2-3,6H2,1H3. The van der Waals surface area contributed by atoms with Crippen LogP contribution in [0.25, 0.3) is 0 Å². The van der Waals surface area contributed by atoms with E-state index in [4.69, 9.17) is 0 Å². The number of aryl methyl sites for hydroxylation is 1. The van der Waals surface area contributed by atoms with E-state index in [9.17, 15) is 0 Å². The second-order valence-electron chi connectivity index (χ2n) is 3.44. The number of thiazole rings is 1. The van der Waals surface area contributed by atoms with Gasteiger partial charge < -0.3 is 5.32 Å². The first-order valence-electron chi connectivity index (χ1n) is 5.26. The van der Waals surface area contributed by atoms with Gasteiger partial charge in [0, 0.05) is 36.4 Å². The maximum absolute atomic E-state index is 4.48. The molecular formula is C11H14N4S. The van der Waals surface area contributed by atoms with E-state index in [1.165, 1.54) is 11.3 Å². The zero-order chi connectivity index (χ0) is 11.2. The lowest BCUT2D eigenvalue weighted by molar-refractivity contribution is 0.677. The van der Waals surface area contributed by atoms with Crippen molar-refractivity contribution in [2.45, 2.75) is 26.4 Å². The second-order valence-corrected chi connectivity index (χ2v) is 4.38. The highest BCUT2D eigenvalue weighted by molar-refractivity contribution is 7.09. The van der Waals surface area contributed by atoms with Crippen molar-refractivity contribution < 1.29 is 0 Å². The molecule has 0 radical (unpaired) electrons. The molecule has 0 saturated heterocycles. The SMILES string of the molecule is CCc1nc(CNCc2cncnc2)cs1. The predicted octanol–water partition coefficient (Wildman–Crippen LogP) is 1.79. The first-order chi connectivity index (χ1) is 7.88. The smallest absolute Gasteiger partial charge is 0.115 e. The monoisotopic (exact) mass is 234 g/mol. The van der Waals surface area contributed by atoms with Crippen molar-refractivity contribution >= 4 is 11.3 Å². The van der Waals surface area contributed by atoms with Crippen molar-refractivity contribution in [3.63, 3.8) is 0 Å². The van der Waals surface area contributed by atoms with Gasteiger partial charge in [-0.2, -0.15) is 0 Å². The first-order valence-corrected chi connectivity index (χ1v) is 6.14. The van der Waals surface area contributed by atoms with Gasteiger partial charge in [0.1, 0.15) is 6.33 Å². The third-order valence-electron chi connectivity index (χ3n) is 2.15. The molecule has 2 rings (SSSR count). The van der Waals surface area contributed by atoms with Crippen LogP contribution in [0.2, 0.25) is 0 Å². The number of hydrogen-bond donors (Lipinski definition) is 1. The molecule has 4 nitrogen and oxygen atoms in total. The minimum Gasteiger partial charge on any atom is -0.307 e. The van der Waals surface area contributed by atoms with Crippen molar-refractivity contribution in [1.82, 2.24) is 20.3 Å². The molecule has 16 heavy (non-hydrogen) atoms. The predicted molar refractivity (Wildman–Crippen MR) is 64.1 cm³/mol. The van der Waals surface area contributed by atoms with Crippen molar-refractivity contribution in [2.24, 2.45) is 0 Å². The summed E-state index contributed by atoms with van der Waals surface area (Å²) in [5.41, 5.74) is 2.20. The van der Waals surface area contributed by atoms with E-state index in [1.54, 1.807) is 11.3 Å². The van der Waals surface area contributed by atoms with E-state index in [-0.39, 0.29) is 0 Å². The van der Waals surface area contributed by atoms with E-state index in [0.717, 1.165) is 30.8 Å². The zero-order valence-corrected chi connectivity index (χ0v) is 10.00. The molecule has 0 fully saturated rings. The fourth-order valence-corrected chi connectivity index (χ4v) is 2.09. The molecule has 0 aliphatic carbocycles. The fourth-order valence-electron chi connectivity index (χ4n) is 1.35. The zero-order valence-electron chi connectivity index (χ0n) is 9.18. The molecular weight excluding hydrogens is 220 g/mol. The van der Waals surface area contributed by atoms with E-state index in [1.807, 2.05) is 12.4 Å². The lowest BCUT2D eigenvalue weighted by Gasteiger charge is -2.01. The number of nitrogens with one attached hydrogen (secondary N) is 1. The molecule has 0 bridgehead atoms. The summed E-state index contributed by atoms with van der Waals surface area (Å²) in [5, 5.41) is 6.62. The highest BCUT2D eigenvalue weighted by atomic mass is 32.1. The van der Waals surface area contributed by atoms with Crippen LogP contribution >= 0.6 is 11.3 Å². The Hall–Kier alpha value is -1.33. The van der Waals surface area contributed by atoms with Gasteiger partial charge in [-0.3, -0.25) is 0 Å². The minimum atomic E-state index is 0.778. The minimum absolute atomic E-state index is 0.778. The van der Waals surface area contributed by atoms with Crippen LogP contribution in [0.15, 0.2) is 24.1 Å². The van der Waals surface area contributed by atoms with Crippen LogP contribution in [0.1, 0.15) is 23.2 Å². The van der Waals surface area contributed by atoms with Gasteiger partial charge in [0.25, 0.3) is 0 Å². The Bertz CT molecular complexity index is 427. The average Bonchev–Trinajstić information content (AvgIpc) is 2.78.